The molecular weight excluding hydrogens is 200 g/mol. The van der Waals surface area contributed by atoms with Crippen molar-refractivity contribution in [3.63, 3.8) is 0 Å². The summed E-state index contributed by atoms with van der Waals surface area (Å²) in [4.78, 5) is 12.1. The van der Waals surface area contributed by atoms with Gasteiger partial charge >= 0.3 is 0 Å². The van der Waals surface area contributed by atoms with Gasteiger partial charge in [0.05, 0.1) is 11.5 Å². The normalized spacial score (nSPS) is 46.2. The van der Waals surface area contributed by atoms with Gasteiger partial charge in [0.25, 0.3) is 0 Å². The maximum absolute atomic E-state index is 12.1. The zero-order valence-electron chi connectivity index (χ0n) is 9.86. The standard InChI is InChI=1S/C14H18O2/c1-8-3-10-7-14(16)6-9(2)4-11(10)13(14)12(15)5-8/h5-6,10-11,13,16H,3-4,7H2,1-2H3. The largest absolute Gasteiger partial charge is 0.385 e. The zero-order chi connectivity index (χ0) is 11.5. The molecule has 4 bridgehead atoms. The minimum Gasteiger partial charge on any atom is -0.385 e. The molecule has 1 N–H and O–H groups in total. The average Bonchev–Trinajstić information content (AvgIpc) is 2.23. The molecule has 1 fully saturated rings. The van der Waals surface area contributed by atoms with Gasteiger partial charge < -0.3 is 5.11 Å². The Balaban J connectivity index is 2.10. The second-order valence-electron chi connectivity index (χ2n) is 5.89. The Kier molecular flexibility index (Phi) is 1.97. The molecule has 3 rings (SSSR count). The Morgan fingerprint density at radius 2 is 2.06 bits per heavy atom. The fraction of sp³-hybridized carbons (Fsp3) is 0.643. The third-order valence-corrected chi connectivity index (χ3v) is 4.49. The first-order valence-corrected chi connectivity index (χ1v) is 6.11. The molecule has 0 aromatic heterocycles. The molecule has 0 heterocycles. The highest BCUT2D eigenvalue weighted by atomic mass is 16.3. The molecular formula is C14H18O2. The van der Waals surface area contributed by atoms with Gasteiger partial charge in [0.2, 0.25) is 0 Å². The van der Waals surface area contributed by atoms with E-state index in [1.807, 2.05) is 13.0 Å². The topological polar surface area (TPSA) is 37.3 Å². The van der Waals surface area contributed by atoms with Gasteiger partial charge in [-0.05, 0) is 51.0 Å². The van der Waals surface area contributed by atoms with Crippen LogP contribution in [-0.2, 0) is 4.79 Å². The Labute approximate surface area is 96.0 Å². The van der Waals surface area contributed by atoms with Gasteiger partial charge in [-0.2, -0.15) is 0 Å². The average molecular weight is 218 g/mol. The smallest absolute Gasteiger partial charge is 0.162 e. The van der Waals surface area contributed by atoms with Crippen LogP contribution < -0.4 is 0 Å². The van der Waals surface area contributed by atoms with Crippen molar-refractivity contribution in [1.29, 1.82) is 0 Å². The maximum atomic E-state index is 12.1. The number of carbonyl (C=O) groups excluding carboxylic acids is 1. The molecule has 3 aliphatic carbocycles. The molecule has 0 spiro atoms. The summed E-state index contributed by atoms with van der Waals surface area (Å²) in [6, 6.07) is 0. The number of allylic oxidation sites excluding steroid dienone is 3. The lowest BCUT2D eigenvalue weighted by Gasteiger charge is -2.33. The summed E-state index contributed by atoms with van der Waals surface area (Å²) < 4.78 is 0. The number of rotatable bonds is 0. The van der Waals surface area contributed by atoms with E-state index in [-0.39, 0.29) is 11.7 Å². The number of aliphatic hydroxyl groups is 1. The van der Waals surface area contributed by atoms with E-state index in [1.54, 1.807) is 6.08 Å². The summed E-state index contributed by atoms with van der Waals surface area (Å²) in [5.41, 5.74) is 1.59. The summed E-state index contributed by atoms with van der Waals surface area (Å²) in [5.74, 6) is 0.843. The van der Waals surface area contributed by atoms with Gasteiger partial charge in [0, 0.05) is 0 Å². The van der Waals surface area contributed by atoms with Crippen LogP contribution in [0, 0.1) is 17.8 Å². The molecule has 2 nitrogen and oxygen atoms in total. The molecule has 4 unspecified atom stereocenters. The first kappa shape index (κ1) is 10.3. The van der Waals surface area contributed by atoms with Crippen LogP contribution in [0.2, 0.25) is 0 Å². The third-order valence-electron chi connectivity index (χ3n) is 4.49. The number of carbonyl (C=O) groups is 1. The molecule has 0 amide bonds. The summed E-state index contributed by atoms with van der Waals surface area (Å²) in [6.07, 6.45) is 6.45. The predicted molar refractivity (Wildman–Crippen MR) is 61.8 cm³/mol. The molecule has 0 aromatic rings. The maximum Gasteiger partial charge on any atom is 0.162 e. The zero-order valence-corrected chi connectivity index (χ0v) is 9.86. The van der Waals surface area contributed by atoms with Crippen molar-refractivity contribution < 1.29 is 9.90 Å². The lowest BCUT2D eigenvalue weighted by molar-refractivity contribution is -0.125. The van der Waals surface area contributed by atoms with Gasteiger partial charge in [-0.15, -0.1) is 0 Å². The van der Waals surface area contributed by atoms with E-state index in [0.717, 1.165) is 19.3 Å². The quantitative estimate of drug-likeness (QED) is 0.633. The van der Waals surface area contributed by atoms with E-state index >= 15 is 0 Å². The van der Waals surface area contributed by atoms with Crippen molar-refractivity contribution in [2.75, 3.05) is 0 Å². The Bertz CT molecular complexity index is 418. The molecule has 3 aliphatic rings. The summed E-state index contributed by atoms with van der Waals surface area (Å²) in [6.45, 7) is 4.10. The molecule has 1 saturated carbocycles. The molecule has 2 heteroatoms. The molecule has 0 aromatic carbocycles. The summed E-state index contributed by atoms with van der Waals surface area (Å²) in [5, 5.41) is 10.6. The van der Waals surface area contributed by atoms with Crippen LogP contribution in [0.5, 0.6) is 0 Å². The van der Waals surface area contributed by atoms with E-state index < -0.39 is 5.60 Å². The molecule has 16 heavy (non-hydrogen) atoms. The van der Waals surface area contributed by atoms with Crippen molar-refractivity contribution in [3.8, 4) is 0 Å². The molecule has 0 radical (unpaired) electrons. The molecule has 86 valence electrons. The first-order chi connectivity index (χ1) is 7.49. The second-order valence-corrected chi connectivity index (χ2v) is 5.89. The molecule has 0 saturated heterocycles. The van der Waals surface area contributed by atoms with Gasteiger partial charge in [-0.25, -0.2) is 0 Å². The SMILES string of the molecule is CC1=CC(=O)C2C3CC(C)=CC2(O)CC3C1. The monoisotopic (exact) mass is 218 g/mol. The van der Waals surface area contributed by atoms with Crippen molar-refractivity contribution in [2.45, 2.75) is 38.7 Å². The number of hydrogen-bond donors (Lipinski definition) is 1. The van der Waals surface area contributed by atoms with Crippen molar-refractivity contribution in [1.82, 2.24) is 0 Å². The van der Waals surface area contributed by atoms with E-state index in [0.29, 0.717) is 11.8 Å². The first-order valence-electron chi connectivity index (χ1n) is 6.11. The van der Waals surface area contributed by atoms with Gasteiger partial charge in [-0.1, -0.05) is 17.2 Å². The Morgan fingerprint density at radius 1 is 1.31 bits per heavy atom. The summed E-state index contributed by atoms with van der Waals surface area (Å²) in [7, 11) is 0. The van der Waals surface area contributed by atoms with Crippen molar-refractivity contribution >= 4 is 5.78 Å². The van der Waals surface area contributed by atoms with Crippen LogP contribution in [0.1, 0.15) is 33.1 Å². The highest BCUT2D eigenvalue weighted by molar-refractivity contribution is 5.94. The van der Waals surface area contributed by atoms with Crippen LogP contribution >= 0.6 is 0 Å². The van der Waals surface area contributed by atoms with E-state index in [2.05, 4.69) is 6.92 Å². The highest BCUT2D eigenvalue weighted by Gasteiger charge is 2.56. The predicted octanol–water partition coefficient (Wildman–Crippen LogP) is 2.24. The number of hydrogen-bond acceptors (Lipinski definition) is 2. The Hall–Kier alpha value is -0.890. The Morgan fingerprint density at radius 3 is 2.81 bits per heavy atom. The fourth-order valence-corrected chi connectivity index (χ4v) is 4.12. The van der Waals surface area contributed by atoms with E-state index in [4.69, 9.17) is 0 Å². The molecule has 4 atom stereocenters. The van der Waals surface area contributed by atoms with Crippen LogP contribution in [-0.4, -0.2) is 16.5 Å². The van der Waals surface area contributed by atoms with E-state index in [9.17, 15) is 9.90 Å². The van der Waals surface area contributed by atoms with Crippen LogP contribution in [0.4, 0.5) is 0 Å². The van der Waals surface area contributed by atoms with E-state index in [1.165, 1.54) is 11.1 Å². The lowest BCUT2D eigenvalue weighted by atomic mass is 9.74. The van der Waals surface area contributed by atoms with Crippen LogP contribution in [0.15, 0.2) is 23.3 Å². The number of ketones is 1. The summed E-state index contributed by atoms with van der Waals surface area (Å²) >= 11 is 0. The van der Waals surface area contributed by atoms with Crippen LogP contribution in [0.3, 0.4) is 0 Å². The second kappa shape index (κ2) is 3.07. The minimum atomic E-state index is -0.841. The highest BCUT2D eigenvalue weighted by Crippen LogP contribution is 2.55. The van der Waals surface area contributed by atoms with Crippen molar-refractivity contribution in [3.05, 3.63) is 23.3 Å². The van der Waals surface area contributed by atoms with Crippen LogP contribution in [0.25, 0.3) is 0 Å². The minimum absolute atomic E-state index is 0.147. The third kappa shape index (κ3) is 1.26. The lowest BCUT2D eigenvalue weighted by Crippen LogP contribution is -2.40. The fourth-order valence-electron chi connectivity index (χ4n) is 4.12. The molecule has 0 aliphatic heterocycles. The van der Waals surface area contributed by atoms with Gasteiger partial charge in [0.1, 0.15) is 0 Å². The van der Waals surface area contributed by atoms with Gasteiger partial charge in [-0.3, -0.25) is 4.79 Å². The van der Waals surface area contributed by atoms with Gasteiger partial charge in [0.15, 0.2) is 5.78 Å². The van der Waals surface area contributed by atoms with Crippen molar-refractivity contribution in [2.24, 2.45) is 17.8 Å².